The number of benzene rings is 1. The summed E-state index contributed by atoms with van der Waals surface area (Å²) in [5.74, 6) is 0.305. The largest absolute Gasteiger partial charge is 0.491 e. The smallest absolute Gasteiger partial charge is 0.145 e. The van der Waals surface area contributed by atoms with Gasteiger partial charge in [0.25, 0.3) is 0 Å². The van der Waals surface area contributed by atoms with Crippen molar-refractivity contribution in [2.75, 3.05) is 39.5 Å². The van der Waals surface area contributed by atoms with E-state index in [9.17, 15) is 4.39 Å². The van der Waals surface area contributed by atoms with Gasteiger partial charge in [-0.3, -0.25) is 4.90 Å². The van der Waals surface area contributed by atoms with Crippen molar-refractivity contribution >= 4 is 0 Å². The Balaban J connectivity index is 1.65. The van der Waals surface area contributed by atoms with Crippen molar-refractivity contribution in [1.29, 1.82) is 5.26 Å². The molecular weight excluding hydrogens is 321 g/mol. The van der Waals surface area contributed by atoms with Crippen molar-refractivity contribution in [3.05, 3.63) is 48.0 Å². The first-order chi connectivity index (χ1) is 12.3. The molecule has 1 saturated heterocycles. The van der Waals surface area contributed by atoms with Gasteiger partial charge in [-0.1, -0.05) is 12.1 Å². The second kappa shape index (κ2) is 8.56. The summed E-state index contributed by atoms with van der Waals surface area (Å²) in [6.45, 7) is 5.00. The standard InChI is InChI=1S/C19H20FN3O2/c20-16-4-2-15(3-5-16)18-12-17(13-21)22-14-19(18)25-9-1-6-23-7-10-24-11-8-23/h2-5,12,14H,1,6-11H2. The number of pyridine rings is 1. The Hall–Kier alpha value is -2.49. The highest BCUT2D eigenvalue weighted by Crippen LogP contribution is 2.30. The van der Waals surface area contributed by atoms with Crippen molar-refractivity contribution in [2.45, 2.75) is 6.42 Å². The molecule has 1 aromatic carbocycles. The minimum absolute atomic E-state index is 0.300. The lowest BCUT2D eigenvalue weighted by Crippen LogP contribution is -2.37. The summed E-state index contributed by atoms with van der Waals surface area (Å²) in [5, 5.41) is 9.07. The maximum absolute atomic E-state index is 13.2. The zero-order valence-corrected chi connectivity index (χ0v) is 13.9. The molecule has 2 aromatic rings. The zero-order chi connectivity index (χ0) is 17.5. The molecule has 0 aliphatic carbocycles. The summed E-state index contributed by atoms with van der Waals surface area (Å²) in [4.78, 5) is 6.43. The molecule has 6 heteroatoms. The van der Waals surface area contributed by atoms with Gasteiger partial charge in [0.2, 0.25) is 0 Å². The topological polar surface area (TPSA) is 58.4 Å². The Bertz CT molecular complexity index is 737. The number of hydrogen-bond acceptors (Lipinski definition) is 5. The first kappa shape index (κ1) is 17.3. The molecule has 0 saturated carbocycles. The molecule has 1 aromatic heterocycles. The lowest BCUT2D eigenvalue weighted by molar-refractivity contribution is 0.0358. The molecule has 1 fully saturated rings. The summed E-state index contributed by atoms with van der Waals surface area (Å²) in [6.07, 6.45) is 2.45. The molecule has 5 nitrogen and oxygen atoms in total. The number of ether oxygens (including phenoxy) is 2. The van der Waals surface area contributed by atoms with E-state index in [1.807, 2.05) is 6.07 Å². The third-order valence-electron chi connectivity index (χ3n) is 4.12. The predicted octanol–water partition coefficient (Wildman–Crippen LogP) is 2.86. The maximum Gasteiger partial charge on any atom is 0.145 e. The average molecular weight is 341 g/mol. The average Bonchev–Trinajstić information content (AvgIpc) is 2.67. The number of hydrogen-bond donors (Lipinski definition) is 0. The van der Waals surface area contributed by atoms with Gasteiger partial charge < -0.3 is 9.47 Å². The van der Waals surface area contributed by atoms with Gasteiger partial charge in [0.15, 0.2) is 0 Å². The Morgan fingerprint density at radius 2 is 2.00 bits per heavy atom. The number of nitrogens with zero attached hydrogens (tertiary/aromatic N) is 3. The predicted molar refractivity (Wildman–Crippen MR) is 91.7 cm³/mol. The molecule has 0 atom stereocenters. The summed E-state index contributed by atoms with van der Waals surface area (Å²) < 4.78 is 24.4. The fraction of sp³-hybridized carbons (Fsp3) is 0.368. The highest BCUT2D eigenvalue weighted by atomic mass is 19.1. The highest BCUT2D eigenvalue weighted by molar-refractivity contribution is 5.70. The van der Waals surface area contributed by atoms with Crippen LogP contribution in [0.2, 0.25) is 0 Å². The lowest BCUT2D eigenvalue weighted by Gasteiger charge is -2.26. The van der Waals surface area contributed by atoms with Crippen molar-refractivity contribution in [2.24, 2.45) is 0 Å². The fourth-order valence-corrected chi connectivity index (χ4v) is 2.77. The van der Waals surface area contributed by atoms with E-state index in [0.717, 1.165) is 50.4 Å². The van der Waals surface area contributed by atoms with Crippen molar-refractivity contribution in [1.82, 2.24) is 9.88 Å². The van der Waals surface area contributed by atoms with Crippen LogP contribution >= 0.6 is 0 Å². The lowest BCUT2D eigenvalue weighted by atomic mass is 10.1. The Morgan fingerprint density at radius 1 is 1.24 bits per heavy atom. The van der Waals surface area contributed by atoms with E-state index >= 15 is 0 Å². The molecule has 0 bridgehead atoms. The van der Waals surface area contributed by atoms with Crippen LogP contribution in [0.25, 0.3) is 11.1 Å². The molecule has 130 valence electrons. The fourth-order valence-electron chi connectivity index (χ4n) is 2.77. The maximum atomic E-state index is 13.2. The normalized spacial score (nSPS) is 14.9. The quantitative estimate of drug-likeness (QED) is 0.756. The van der Waals surface area contributed by atoms with E-state index in [-0.39, 0.29) is 5.82 Å². The zero-order valence-electron chi connectivity index (χ0n) is 13.9. The van der Waals surface area contributed by atoms with Crippen LogP contribution in [0, 0.1) is 17.1 Å². The molecule has 0 amide bonds. The molecule has 0 unspecified atom stereocenters. The summed E-state index contributed by atoms with van der Waals surface area (Å²) in [6, 6.07) is 9.83. The van der Waals surface area contributed by atoms with Crippen LogP contribution in [0.4, 0.5) is 4.39 Å². The number of aromatic nitrogens is 1. The SMILES string of the molecule is N#Cc1cc(-c2ccc(F)cc2)c(OCCCN2CCOCC2)cn1. The number of nitriles is 1. The van der Waals surface area contributed by atoms with Crippen molar-refractivity contribution in [3.8, 4) is 22.9 Å². The number of halogens is 1. The van der Waals surface area contributed by atoms with Gasteiger partial charge in [0, 0.05) is 25.2 Å². The molecule has 0 spiro atoms. The Kier molecular flexibility index (Phi) is 5.94. The minimum Gasteiger partial charge on any atom is -0.491 e. The van der Waals surface area contributed by atoms with Crippen LogP contribution in [-0.2, 0) is 4.74 Å². The van der Waals surface area contributed by atoms with E-state index in [1.165, 1.54) is 12.1 Å². The van der Waals surface area contributed by atoms with Gasteiger partial charge in [-0.05, 0) is 30.2 Å². The molecule has 0 N–H and O–H groups in total. The van der Waals surface area contributed by atoms with Crippen LogP contribution in [0.3, 0.4) is 0 Å². The molecular formula is C19H20FN3O2. The molecule has 1 aliphatic heterocycles. The monoisotopic (exact) mass is 341 g/mol. The third kappa shape index (κ3) is 4.75. The first-order valence-corrected chi connectivity index (χ1v) is 8.35. The van der Waals surface area contributed by atoms with Gasteiger partial charge in [-0.2, -0.15) is 5.26 Å². The second-order valence-electron chi connectivity index (χ2n) is 5.84. The molecule has 25 heavy (non-hydrogen) atoms. The van der Waals surface area contributed by atoms with Gasteiger partial charge in [0.1, 0.15) is 23.3 Å². The second-order valence-corrected chi connectivity index (χ2v) is 5.84. The third-order valence-corrected chi connectivity index (χ3v) is 4.12. The van der Waals surface area contributed by atoms with Crippen molar-refractivity contribution < 1.29 is 13.9 Å². The van der Waals surface area contributed by atoms with E-state index in [2.05, 4.69) is 9.88 Å². The number of rotatable bonds is 6. The Morgan fingerprint density at radius 3 is 2.72 bits per heavy atom. The van der Waals surface area contributed by atoms with Gasteiger partial charge in [-0.25, -0.2) is 9.37 Å². The first-order valence-electron chi connectivity index (χ1n) is 8.35. The van der Waals surface area contributed by atoms with Crippen molar-refractivity contribution in [3.63, 3.8) is 0 Å². The van der Waals surface area contributed by atoms with Crippen LogP contribution in [-0.4, -0.2) is 49.3 Å². The Labute approximate surface area is 146 Å². The summed E-state index contributed by atoms with van der Waals surface area (Å²) in [7, 11) is 0. The van der Waals surface area contributed by atoms with Gasteiger partial charge in [-0.15, -0.1) is 0 Å². The summed E-state index contributed by atoms with van der Waals surface area (Å²) >= 11 is 0. The van der Waals surface area contributed by atoms with Crippen LogP contribution < -0.4 is 4.74 Å². The minimum atomic E-state index is -0.300. The van der Waals surface area contributed by atoms with Crippen LogP contribution in [0.5, 0.6) is 5.75 Å². The molecule has 3 rings (SSSR count). The number of morpholine rings is 1. The molecule has 0 radical (unpaired) electrons. The van der Waals surface area contributed by atoms with E-state index in [0.29, 0.717) is 18.1 Å². The molecule has 2 heterocycles. The summed E-state index contributed by atoms with van der Waals surface area (Å²) in [5.41, 5.74) is 1.85. The van der Waals surface area contributed by atoms with Crippen LogP contribution in [0.1, 0.15) is 12.1 Å². The highest BCUT2D eigenvalue weighted by Gasteiger charge is 2.12. The van der Waals surface area contributed by atoms with E-state index in [4.69, 9.17) is 14.7 Å². The van der Waals surface area contributed by atoms with E-state index in [1.54, 1.807) is 24.4 Å². The van der Waals surface area contributed by atoms with Gasteiger partial charge in [0.05, 0.1) is 26.0 Å². The van der Waals surface area contributed by atoms with Gasteiger partial charge >= 0.3 is 0 Å². The van der Waals surface area contributed by atoms with Crippen LogP contribution in [0.15, 0.2) is 36.5 Å². The molecule has 1 aliphatic rings. The van der Waals surface area contributed by atoms with E-state index < -0.39 is 0 Å².